The van der Waals surface area contributed by atoms with Crippen molar-refractivity contribution in [2.75, 3.05) is 13.2 Å². The molecular weight excluding hydrogens is 284 g/mol. The summed E-state index contributed by atoms with van der Waals surface area (Å²) in [5.74, 6) is -1.01. The van der Waals surface area contributed by atoms with Gasteiger partial charge in [-0.05, 0) is 19.3 Å². The highest BCUT2D eigenvalue weighted by Crippen LogP contribution is 2.28. The van der Waals surface area contributed by atoms with Gasteiger partial charge in [0.2, 0.25) is 0 Å². The van der Waals surface area contributed by atoms with Crippen molar-refractivity contribution < 1.29 is 24.0 Å². The van der Waals surface area contributed by atoms with Crippen molar-refractivity contribution in [1.82, 2.24) is 0 Å². The lowest BCUT2D eigenvalue weighted by molar-refractivity contribution is -0.823. The highest BCUT2D eigenvalue weighted by atomic mass is 16.5. The Balaban J connectivity index is 1.94. The van der Waals surface area contributed by atoms with Crippen molar-refractivity contribution in [1.29, 1.82) is 0 Å². The molecule has 1 aliphatic heterocycles. The van der Waals surface area contributed by atoms with E-state index in [4.69, 9.17) is 10.5 Å². The number of ketones is 1. The van der Waals surface area contributed by atoms with Crippen molar-refractivity contribution in [3.8, 4) is 0 Å². The topological polar surface area (TPSA) is 90.9 Å². The summed E-state index contributed by atoms with van der Waals surface area (Å²) in [5.41, 5.74) is 6.08. The van der Waals surface area contributed by atoms with Crippen LogP contribution in [0.1, 0.15) is 51.9 Å². The highest BCUT2D eigenvalue weighted by molar-refractivity contribution is 6.35. The molecule has 3 atom stereocenters. The lowest BCUT2D eigenvalue weighted by Gasteiger charge is -2.22. The lowest BCUT2D eigenvalue weighted by atomic mass is 9.97. The number of nitrogens with one attached hydrogen (secondary N) is 1. The lowest BCUT2D eigenvalue weighted by Crippen LogP contribution is -3.18. The summed E-state index contributed by atoms with van der Waals surface area (Å²) in [5, 5.41) is 0. The number of carbonyl (C=O) groups is 3. The van der Waals surface area contributed by atoms with E-state index >= 15 is 0 Å². The first-order chi connectivity index (χ1) is 10.5. The summed E-state index contributed by atoms with van der Waals surface area (Å²) in [7, 11) is 0. The minimum atomic E-state index is -0.830. The van der Waals surface area contributed by atoms with Crippen molar-refractivity contribution in [2.24, 2.45) is 11.7 Å². The maximum absolute atomic E-state index is 12.6. The van der Waals surface area contributed by atoms with Crippen LogP contribution in [0.15, 0.2) is 0 Å². The first-order valence-corrected chi connectivity index (χ1v) is 8.41. The molecule has 3 N–H and O–H groups in total. The van der Waals surface area contributed by atoms with Gasteiger partial charge in [0.1, 0.15) is 6.04 Å². The Morgan fingerprint density at radius 3 is 2.50 bits per heavy atom. The maximum Gasteiger partial charge on any atom is 0.381 e. The largest absolute Gasteiger partial charge is 0.460 e. The Labute approximate surface area is 131 Å². The minimum Gasteiger partial charge on any atom is -0.460 e. The van der Waals surface area contributed by atoms with E-state index in [9.17, 15) is 14.4 Å². The van der Waals surface area contributed by atoms with Crippen LogP contribution in [0.2, 0.25) is 0 Å². The van der Waals surface area contributed by atoms with E-state index < -0.39 is 23.8 Å². The van der Waals surface area contributed by atoms with Crippen molar-refractivity contribution >= 4 is 17.7 Å². The first-order valence-electron chi connectivity index (χ1n) is 8.41. The molecule has 22 heavy (non-hydrogen) atoms. The van der Waals surface area contributed by atoms with Crippen LogP contribution in [0.3, 0.4) is 0 Å². The number of quaternary nitrogens is 1. The van der Waals surface area contributed by atoms with Gasteiger partial charge in [0, 0.05) is 12.8 Å². The molecule has 2 aliphatic rings. The number of hydrogen-bond acceptors (Lipinski definition) is 5. The number of amides is 1. The zero-order chi connectivity index (χ0) is 16.1. The Kier molecular flexibility index (Phi) is 6.08. The predicted octanol–water partition coefficient (Wildman–Crippen LogP) is -0.400. The Morgan fingerprint density at radius 1 is 1.18 bits per heavy atom. The molecule has 2 fully saturated rings. The van der Waals surface area contributed by atoms with Gasteiger partial charge in [-0.3, -0.25) is 9.69 Å². The predicted molar refractivity (Wildman–Crippen MR) is 80.0 cm³/mol. The van der Waals surface area contributed by atoms with E-state index in [1.165, 1.54) is 12.8 Å². The number of esters is 1. The van der Waals surface area contributed by atoms with Crippen LogP contribution in [-0.4, -0.2) is 42.9 Å². The smallest absolute Gasteiger partial charge is 0.381 e. The van der Waals surface area contributed by atoms with Crippen molar-refractivity contribution in [3.63, 3.8) is 0 Å². The number of nitrogens with two attached hydrogens (primary N) is 1. The van der Waals surface area contributed by atoms with Crippen LogP contribution in [0, 0.1) is 5.92 Å². The van der Waals surface area contributed by atoms with E-state index in [0.717, 1.165) is 19.3 Å². The minimum absolute atomic E-state index is 0.118. The Morgan fingerprint density at radius 2 is 1.86 bits per heavy atom. The van der Waals surface area contributed by atoms with Crippen LogP contribution < -0.4 is 10.6 Å². The fourth-order valence-corrected chi connectivity index (χ4v) is 3.72. The van der Waals surface area contributed by atoms with Crippen LogP contribution in [0.4, 0.5) is 0 Å². The van der Waals surface area contributed by atoms with Gasteiger partial charge in [0.15, 0.2) is 6.04 Å². The molecule has 1 aliphatic carbocycles. The molecule has 2 unspecified atom stereocenters. The molecule has 1 heterocycles. The maximum atomic E-state index is 12.6. The molecule has 0 aromatic carbocycles. The second-order valence-corrected chi connectivity index (χ2v) is 6.41. The fraction of sp³-hybridized carbons (Fsp3) is 0.812. The van der Waals surface area contributed by atoms with Crippen molar-refractivity contribution in [2.45, 2.75) is 64.0 Å². The van der Waals surface area contributed by atoms with Gasteiger partial charge in [-0.15, -0.1) is 0 Å². The number of hydrogen-bond donors (Lipinski definition) is 2. The molecule has 0 bridgehead atoms. The van der Waals surface area contributed by atoms with Gasteiger partial charge in [-0.2, -0.15) is 0 Å². The summed E-state index contributed by atoms with van der Waals surface area (Å²) in [4.78, 5) is 36.9. The SMILES string of the molecule is CCOC(=O)C(=O)[C@@H]1CCC[NH+]1C(=O)C(N)CC1CCCC1. The summed E-state index contributed by atoms with van der Waals surface area (Å²) in [6.45, 7) is 2.40. The third-order valence-corrected chi connectivity index (χ3v) is 4.87. The van der Waals surface area contributed by atoms with E-state index in [0.29, 0.717) is 30.2 Å². The van der Waals surface area contributed by atoms with Crippen LogP contribution >= 0.6 is 0 Å². The fourth-order valence-electron chi connectivity index (χ4n) is 3.72. The quantitative estimate of drug-likeness (QED) is 0.514. The molecule has 2 rings (SSSR count). The molecule has 0 aromatic heterocycles. The van der Waals surface area contributed by atoms with Crippen molar-refractivity contribution in [3.05, 3.63) is 0 Å². The molecule has 0 spiro atoms. The summed E-state index contributed by atoms with van der Waals surface area (Å²) in [6.07, 6.45) is 6.71. The van der Waals surface area contributed by atoms with Gasteiger partial charge in [-0.25, -0.2) is 9.59 Å². The average molecular weight is 311 g/mol. The third kappa shape index (κ3) is 3.93. The second kappa shape index (κ2) is 7.83. The third-order valence-electron chi connectivity index (χ3n) is 4.87. The summed E-state index contributed by atoms with van der Waals surface area (Å²) < 4.78 is 4.77. The van der Waals surface area contributed by atoms with Gasteiger partial charge < -0.3 is 10.5 Å². The molecule has 0 radical (unpaired) electrons. The molecule has 1 saturated heterocycles. The first kappa shape index (κ1) is 17.1. The van der Waals surface area contributed by atoms with Gasteiger partial charge in [-0.1, -0.05) is 25.7 Å². The van der Waals surface area contributed by atoms with E-state index in [-0.39, 0.29) is 12.5 Å². The number of ether oxygens (including phenoxy) is 1. The second-order valence-electron chi connectivity index (χ2n) is 6.41. The molecule has 6 heteroatoms. The van der Waals surface area contributed by atoms with Crippen LogP contribution in [0.5, 0.6) is 0 Å². The zero-order valence-electron chi connectivity index (χ0n) is 13.3. The molecule has 1 saturated carbocycles. The van der Waals surface area contributed by atoms with Gasteiger partial charge in [0.25, 0.3) is 5.78 Å². The Hall–Kier alpha value is -1.27. The summed E-state index contributed by atoms with van der Waals surface area (Å²) in [6, 6.07) is -1.14. The number of Topliss-reactive ketones (excluding diaryl/α,β-unsaturated/α-hetero) is 1. The van der Waals surface area contributed by atoms with E-state index in [1.54, 1.807) is 6.92 Å². The van der Waals surface area contributed by atoms with E-state index in [1.807, 2.05) is 0 Å². The average Bonchev–Trinajstić information content (AvgIpc) is 3.16. The standard InChI is InChI=1S/C16H26N2O4/c1-2-22-16(21)14(19)13-8-5-9-18(13)15(20)12(17)10-11-6-3-4-7-11/h11-13H,2-10,17H2,1H3/p+1/t12?,13-/m0/s1. The van der Waals surface area contributed by atoms with Crippen LogP contribution in [0.25, 0.3) is 0 Å². The molecule has 6 nitrogen and oxygen atoms in total. The molecule has 1 amide bonds. The highest BCUT2D eigenvalue weighted by Gasteiger charge is 2.44. The molecular formula is C16H27N2O4+. The number of rotatable bonds is 6. The number of likely N-dealkylation sites (tertiary alicyclic amines) is 1. The van der Waals surface area contributed by atoms with Gasteiger partial charge in [0.05, 0.1) is 13.2 Å². The number of carbonyl (C=O) groups excluding carboxylic acids is 3. The monoisotopic (exact) mass is 311 g/mol. The summed E-state index contributed by atoms with van der Waals surface area (Å²) >= 11 is 0. The zero-order valence-corrected chi connectivity index (χ0v) is 13.3. The van der Waals surface area contributed by atoms with Crippen LogP contribution in [-0.2, 0) is 19.1 Å². The Bertz CT molecular complexity index is 432. The van der Waals surface area contributed by atoms with E-state index in [2.05, 4.69) is 0 Å². The normalized spacial score (nSPS) is 26.8. The van der Waals surface area contributed by atoms with Gasteiger partial charge >= 0.3 is 11.9 Å². The molecule has 124 valence electrons. The molecule has 0 aromatic rings.